The number of rotatable bonds is 0. The van der Waals surface area contributed by atoms with Crippen LogP contribution in [0.2, 0.25) is 0 Å². The molecule has 0 aliphatic carbocycles. The summed E-state index contributed by atoms with van der Waals surface area (Å²) in [7, 11) is 0. The molecule has 0 saturated carbocycles. The van der Waals surface area contributed by atoms with Crippen LogP contribution in [0.25, 0.3) is 0 Å². The zero-order valence-electron chi connectivity index (χ0n) is 9.28. The normalized spacial score (nSPS) is 8.00. The molecule has 2 nitrogen and oxygen atoms in total. The van der Waals surface area contributed by atoms with Gasteiger partial charge in [-0.25, -0.2) is 0 Å². The van der Waals surface area contributed by atoms with Gasteiger partial charge in [-0.05, 0) is 37.6 Å². The Bertz CT molecular complexity index is 248. The van der Waals surface area contributed by atoms with Crippen LogP contribution in [0, 0.1) is 13.8 Å². The molecule has 0 aromatic carbocycles. The lowest BCUT2D eigenvalue weighted by atomic mass is 10.4. The maximum absolute atomic E-state index is 4.83. The van der Waals surface area contributed by atoms with E-state index in [1.165, 1.54) is 5.56 Å². The third-order valence-corrected chi connectivity index (χ3v) is 1.33. The summed E-state index contributed by atoms with van der Waals surface area (Å²) in [6.07, 6.45) is 5.03. The molecule has 2 rings (SSSR count). The van der Waals surface area contributed by atoms with Crippen molar-refractivity contribution in [1.82, 2.24) is 0 Å². The van der Waals surface area contributed by atoms with E-state index in [1.807, 2.05) is 45.9 Å². The first-order chi connectivity index (χ1) is 6.79. The summed E-state index contributed by atoms with van der Waals surface area (Å²) in [5.74, 6) is 0.968. The molecule has 0 spiro atoms. The Hall–Kier alpha value is -1.44. The molecule has 0 fully saturated rings. The smallest absolute Gasteiger partial charge is 0.100 e. The third-order valence-electron chi connectivity index (χ3n) is 1.33. The molecule has 2 aromatic heterocycles. The number of furan rings is 2. The maximum Gasteiger partial charge on any atom is 0.100 e. The van der Waals surface area contributed by atoms with Crippen LogP contribution in [-0.2, 0) is 0 Å². The molecule has 0 bridgehead atoms. The fraction of sp³-hybridized carbons (Fsp3) is 0.333. The van der Waals surface area contributed by atoms with Gasteiger partial charge in [-0.2, -0.15) is 0 Å². The predicted molar refractivity (Wildman–Crippen MR) is 58.2 cm³/mol. The first-order valence-corrected chi connectivity index (χ1v) is 4.78. The molecule has 14 heavy (non-hydrogen) atoms. The van der Waals surface area contributed by atoms with E-state index in [0.717, 1.165) is 5.76 Å². The van der Waals surface area contributed by atoms with E-state index >= 15 is 0 Å². The molecule has 0 saturated heterocycles. The summed E-state index contributed by atoms with van der Waals surface area (Å²) in [6, 6.07) is 5.70. The van der Waals surface area contributed by atoms with Crippen molar-refractivity contribution in [3.05, 3.63) is 48.3 Å². The monoisotopic (exact) mass is 194 g/mol. The Morgan fingerprint density at radius 2 is 1.71 bits per heavy atom. The molecule has 2 heteroatoms. The highest BCUT2D eigenvalue weighted by molar-refractivity contribution is 5.00. The van der Waals surface area contributed by atoms with Crippen molar-refractivity contribution in [2.75, 3.05) is 0 Å². The van der Waals surface area contributed by atoms with Crippen LogP contribution in [-0.4, -0.2) is 0 Å². The number of hydrogen-bond acceptors (Lipinski definition) is 2. The average Bonchev–Trinajstić information content (AvgIpc) is 2.83. The van der Waals surface area contributed by atoms with Gasteiger partial charge in [0.2, 0.25) is 0 Å². The van der Waals surface area contributed by atoms with Crippen molar-refractivity contribution in [3.63, 3.8) is 0 Å². The van der Waals surface area contributed by atoms with Gasteiger partial charge in [0.15, 0.2) is 0 Å². The lowest BCUT2D eigenvalue weighted by Crippen LogP contribution is -1.48. The van der Waals surface area contributed by atoms with Gasteiger partial charge >= 0.3 is 0 Å². The van der Waals surface area contributed by atoms with Gasteiger partial charge in [-0.15, -0.1) is 0 Å². The van der Waals surface area contributed by atoms with Gasteiger partial charge in [-0.3, -0.25) is 0 Å². The molecule has 2 heterocycles. The van der Waals surface area contributed by atoms with Crippen LogP contribution in [0.4, 0.5) is 0 Å². The molecule has 0 N–H and O–H groups in total. The minimum absolute atomic E-state index is 0.968. The summed E-state index contributed by atoms with van der Waals surface area (Å²) in [5, 5.41) is 0. The second-order valence-corrected chi connectivity index (χ2v) is 2.52. The second-order valence-electron chi connectivity index (χ2n) is 2.52. The Balaban J connectivity index is 0.000000206. The Morgan fingerprint density at radius 1 is 1.00 bits per heavy atom. The highest BCUT2D eigenvalue weighted by atomic mass is 16.3. The molecule has 78 valence electrons. The molecular weight excluding hydrogens is 176 g/mol. The molecule has 0 radical (unpaired) electrons. The van der Waals surface area contributed by atoms with E-state index in [-0.39, 0.29) is 0 Å². The van der Waals surface area contributed by atoms with Gasteiger partial charge in [0, 0.05) is 0 Å². The highest BCUT2D eigenvalue weighted by Crippen LogP contribution is 1.93. The van der Waals surface area contributed by atoms with Crippen LogP contribution in [0.3, 0.4) is 0 Å². The third kappa shape index (κ3) is 6.12. The second kappa shape index (κ2) is 8.17. The summed E-state index contributed by atoms with van der Waals surface area (Å²) >= 11 is 0. The van der Waals surface area contributed by atoms with Crippen LogP contribution < -0.4 is 0 Å². The van der Waals surface area contributed by atoms with Crippen molar-refractivity contribution in [3.8, 4) is 0 Å². The summed E-state index contributed by atoms with van der Waals surface area (Å²) in [6.45, 7) is 7.91. The van der Waals surface area contributed by atoms with E-state index in [2.05, 4.69) is 0 Å². The summed E-state index contributed by atoms with van der Waals surface area (Å²) in [5.41, 5.74) is 1.18. The average molecular weight is 194 g/mol. The van der Waals surface area contributed by atoms with E-state index in [0.29, 0.717) is 0 Å². The molecular formula is C12H18O2. The minimum Gasteiger partial charge on any atom is -0.472 e. The first kappa shape index (κ1) is 12.6. The van der Waals surface area contributed by atoms with Crippen LogP contribution in [0.5, 0.6) is 0 Å². The van der Waals surface area contributed by atoms with E-state index < -0.39 is 0 Å². The first-order valence-electron chi connectivity index (χ1n) is 4.78. The highest BCUT2D eigenvalue weighted by Gasteiger charge is 1.76. The standard InChI is InChI=1S/2C5H6O.C2H6/c1-5-2-3-6-4-5;1-5-3-2-4-6-5;1-2/h2*2-4H,1H3;1-2H3. The molecule has 2 aromatic rings. The van der Waals surface area contributed by atoms with E-state index in [9.17, 15) is 0 Å². The Kier molecular flexibility index (Phi) is 7.33. The predicted octanol–water partition coefficient (Wildman–Crippen LogP) is 4.20. The number of hydrogen-bond donors (Lipinski definition) is 0. The van der Waals surface area contributed by atoms with Crippen molar-refractivity contribution in [2.24, 2.45) is 0 Å². The minimum atomic E-state index is 0.968. The SMILES string of the molecule is CC.Cc1ccco1.Cc1ccoc1. The fourth-order valence-corrected chi connectivity index (χ4v) is 0.693. The van der Waals surface area contributed by atoms with Crippen LogP contribution in [0.1, 0.15) is 25.2 Å². The van der Waals surface area contributed by atoms with Gasteiger partial charge in [-0.1, -0.05) is 13.8 Å². The zero-order valence-corrected chi connectivity index (χ0v) is 9.28. The van der Waals surface area contributed by atoms with Crippen LogP contribution >= 0.6 is 0 Å². The molecule has 0 amide bonds. The van der Waals surface area contributed by atoms with Crippen molar-refractivity contribution < 1.29 is 8.83 Å². The van der Waals surface area contributed by atoms with Crippen molar-refractivity contribution >= 4 is 0 Å². The van der Waals surface area contributed by atoms with Gasteiger partial charge in [0.25, 0.3) is 0 Å². The Labute approximate surface area is 85.5 Å². The summed E-state index contributed by atoms with van der Waals surface area (Å²) in [4.78, 5) is 0. The van der Waals surface area contributed by atoms with Gasteiger partial charge < -0.3 is 8.83 Å². The topological polar surface area (TPSA) is 26.3 Å². The molecule has 0 unspecified atom stereocenters. The zero-order chi connectivity index (χ0) is 10.8. The Morgan fingerprint density at radius 3 is 1.86 bits per heavy atom. The number of aryl methyl sites for hydroxylation is 2. The van der Waals surface area contributed by atoms with E-state index in [1.54, 1.807) is 18.8 Å². The van der Waals surface area contributed by atoms with Crippen LogP contribution in [0.15, 0.2) is 45.8 Å². The lowest BCUT2D eigenvalue weighted by Gasteiger charge is -1.69. The molecule has 0 aliphatic rings. The van der Waals surface area contributed by atoms with Gasteiger partial charge in [0.05, 0.1) is 18.8 Å². The molecule has 0 aliphatic heterocycles. The molecule has 0 atom stereocenters. The summed E-state index contributed by atoms with van der Waals surface area (Å²) < 4.78 is 9.55. The lowest BCUT2D eigenvalue weighted by molar-refractivity contribution is 0.534. The van der Waals surface area contributed by atoms with E-state index in [4.69, 9.17) is 8.83 Å². The quantitative estimate of drug-likeness (QED) is 0.628. The maximum atomic E-state index is 4.83. The largest absolute Gasteiger partial charge is 0.472 e. The van der Waals surface area contributed by atoms with Crippen molar-refractivity contribution in [2.45, 2.75) is 27.7 Å². The van der Waals surface area contributed by atoms with Crippen molar-refractivity contribution in [1.29, 1.82) is 0 Å². The van der Waals surface area contributed by atoms with Gasteiger partial charge in [0.1, 0.15) is 5.76 Å². The fourth-order valence-electron chi connectivity index (χ4n) is 0.693.